The Morgan fingerprint density at radius 1 is 1.42 bits per heavy atom. The Labute approximate surface area is 144 Å². The van der Waals surface area contributed by atoms with Crippen LogP contribution in [0, 0.1) is 0 Å². The first kappa shape index (κ1) is 16.6. The number of benzene rings is 1. The summed E-state index contributed by atoms with van der Waals surface area (Å²) >= 11 is 1.32. The number of carbonyl (C=O) groups excluding carboxylic acids is 2. The van der Waals surface area contributed by atoms with Gasteiger partial charge in [0.2, 0.25) is 5.13 Å². The average Bonchev–Trinajstić information content (AvgIpc) is 3.01. The molecular weight excluding hydrogens is 326 g/mol. The smallest absolute Gasteiger partial charge is 0.339 e. The van der Waals surface area contributed by atoms with Crippen LogP contribution in [0.5, 0.6) is 0 Å². The quantitative estimate of drug-likeness (QED) is 0.862. The Morgan fingerprint density at radius 3 is 2.88 bits per heavy atom. The SMILES string of the molecule is CCc1nnc(NC(=O)C2Cc3cc(C(C)C)ccc3C(=O)O2)s1. The van der Waals surface area contributed by atoms with Crippen molar-refractivity contribution in [2.24, 2.45) is 0 Å². The zero-order valence-corrected chi connectivity index (χ0v) is 14.6. The lowest BCUT2D eigenvalue weighted by molar-refractivity contribution is -0.125. The fourth-order valence-corrected chi connectivity index (χ4v) is 3.24. The third kappa shape index (κ3) is 3.31. The number of hydrogen-bond acceptors (Lipinski definition) is 6. The summed E-state index contributed by atoms with van der Waals surface area (Å²) in [5.41, 5.74) is 2.52. The second kappa shape index (κ2) is 6.68. The number of hydrogen-bond donors (Lipinski definition) is 1. The van der Waals surface area contributed by atoms with Gasteiger partial charge >= 0.3 is 5.97 Å². The molecule has 126 valence electrons. The summed E-state index contributed by atoms with van der Waals surface area (Å²) in [6, 6.07) is 5.69. The first-order chi connectivity index (χ1) is 11.5. The van der Waals surface area contributed by atoms with Crippen molar-refractivity contribution < 1.29 is 14.3 Å². The van der Waals surface area contributed by atoms with Gasteiger partial charge in [-0.25, -0.2) is 4.79 Å². The summed E-state index contributed by atoms with van der Waals surface area (Å²) in [5.74, 6) is -0.477. The second-order valence-electron chi connectivity index (χ2n) is 6.01. The van der Waals surface area contributed by atoms with E-state index in [0.29, 0.717) is 23.0 Å². The van der Waals surface area contributed by atoms with Crippen LogP contribution in [0.2, 0.25) is 0 Å². The highest BCUT2D eigenvalue weighted by atomic mass is 32.1. The molecular formula is C17H19N3O3S. The van der Waals surface area contributed by atoms with Crippen LogP contribution in [0.15, 0.2) is 18.2 Å². The molecule has 0 aliphatic carbocycles. The number of esters is 1. The molecule has 7 heteroatoms. The van der Waals surface area contributed by atoms with Gasteiger partial charge in [-0.2, -0.15) is 0 Å². The van der Waals surface area contributed by atoms with E-state index in [4.69, 9.17) is 4.74 Å². The lowest BCUT2D eigenvalue weighted by Crippen LogP contribution is -2.38. The number of anilines is 1. The van der Waals surface area contributed by atoms with Crippen LogP contribution in [-0.4, -0.2) is 28.2 Å². The molecule has 1 aromatic heterocycles. The lowest BCUT2D eigenvalue weighted by Gasteiger charge is -2.24. The van der Waals surface area contributed by atoms with Crippen LogP contribution >= 0.6 is 11.3 Å². The van der Waals surface area contributed by atoms with Crippen molar-refractivity contribution in [3.8, 4) is 0 Å². The molecule has 0 bridgehead atoms. The Bertz CT molecular complexity index is 785. The second-order valence-corrected chi connectivity index (χ2v) is 7.08. The number of cyclic esters (lactones) is 1. The largest absolute Gasteiger partial charge is 0.448 e. The van der Waals surface area contributed by atoms with Crippen molar-refractivity contribution >= 4 is 28.3 Å². The highest BCUT2D eigenvalue weighted by Gasteiger charge is 2.32. The number of aromatic nitrogens is 2. The molecule has 0 saturated heterocycles. The Morgan fingerprint density at radius 2 is 2.21 bits per heavy atom. The van der Waals surface area contributed by atoms with E-state index in [1.54, 1.807) is 6.07 Å². The minimum absolute atomic E-state index is 0.356. The number of amides is 1. The summed E-state index contributed by atoms with van der Waals surface area (Å²) < 4.78 is 5.29. The van der Waals surface area contributed by atoms with Gasteiger partial charge in [-0.1, -0.05) is 44.2 Å². The van der Waals surface area contributed by atoms with Gasteiger partial charge in [0.05, 0.1) is 5.56 Å². The zero-order valence-electron chi connectivity index (χ0n) is 13.8. The Hall–Kier alpha value is -2.28. The normalized spacial score (nSPS) is 16.7. The van der Waals surface area contributed by atoms with E-state index in [1.807, 2.05) is 19.1 Å². The topological polar surface area (TPSA) is 81.2 Å². The summed E-state index contributed by atoms with van der Waals surface area (Å²) in [6.45, 7) is 6.15. The van der Waals surface area contributed by atoms with Crippen molar-refractivity contribution in [3.05, 3.63) is 39.9 Å². The summed E-state index contributed by atoms with van der Waals surface area (Å²) in [5, 5.41) is 11.8. The van der Waals surface area contributed by atoms with Crippen LogP contribution in [0.4, 0.5) is 5.13 Å². The predicted molar refractivity (Wildman–Crippen MR) is 91.4 cm³/mol. The third-order valence-electron chi connectivity index (χ3n) is 3.96. The van der Waals surface area contributed by atoms with Crippen molar-refractivity contribution in [2.75, 3.05) is 5.32 Å². The lowest BCUT2D eigenvalue weighted by atomic mass is 9.92. The van der Waals surface area contributed by atoms with E-state index < -0.39 is 12.1 Å². The molecule has 1 atom stereocenters. The number of nitrogens with zero attached hydrogens (tertiary/aromatic N) is 2. The van der Waals surface area contributed by atoms with E-state index in [1.165, 1.54) is 11.3 Å². The van der Waals surface area contributed by atoms with Gasteiger partial charge in [0.15, 0.2) is 6.10 Å². The molecule has 24 heavy (non-hydrogen) atoms. The van der Waals surface area contributed by atoms with Gasteiger partial charge in [-0.3, -0.25) is 10.1 Å². The Balaban J connectivity index is 1.77. The minimum Gasteiger partial charge on any atom is -0.448 e. The molecule has 6 nitrogen and oxygen atoms in total. The summed E-state index contributed by atoms with van der Waals surface area (Å²) in [6.07, 6.45) is 0.283. The highest BCUT2D eigenvalue weighted by Crippen LogP contribution is 2.26. The number of ether oxygens (including phenoxy) is 1. The molecule has 1 amide bonds. The molecule has 1 aliphatic rings. The molecule has 1 aliphatic heterocycles. The first-order valence-electron chi connectivity index (χ1n) is 7.95. The fraction of sp³-hybridized carbons (Fsp3) is 0.412. The van der Waals surface area contributed by atoms with Crippen molar-refractivity contribution in [2.45, 2.75) is 45.6 Å². The van der Waals surface area contributed by atoms with Gasteiger partial charge < -0.3 is 4.74 Å². The van der Waals surface area contributed by atoms with E-state index in [2.05, 4.69) is 29.4 Å². The van der Waals surface area contributed by atoms with E-state index in [9.17, 15) is 9.59 Å². The molecule has 1 unspecified atom stereocenters. The zero-order chi connectivity index (χ0) is 17.3. The molecule has 0 radical (unpaired) electrons. The average molecular weight is 345 g/mol. The molecule has 1 aromatic carbocycles. The van der Waals surface area contributed by atoms with E-state index in [-0.39, 0.29) is 5.91 Å². The monoisotopic (exact) mass is 345 g/mol. The number of rotatable bonds is 4. The Kier molecular flexibility index (Phi) is 4.62. The molecule has 0 fully saturated rings. The minimum atomic E-state index is -0.846. The molecule has 1 N–H and O–H groups in total. The van der Waals surface area contributed by atoms with Crippen molar-refractivity contribution in [3.63, 3.8) is 0 Å². The van der Waals surface area contributed by atoms with Crippen LogP contribution in [0.3, 0.4) is 0 Å². The molecule has 2 aromatic rings. The summed E-state index contributed by atoms with van der Waals surface area (Å²) in [4.78, 5) is 24.5. The number of carbonyl (C=O) groups is 2. The molecule has 3 rings (SSSR count). The van der Waals surface area contributed by atoms with Gasteiger partial charge in [0.25, 0.3) is 5.91 Å². The highest BCUT2D eigenvalue weighted by molar-refractivity contribution is 7.15. The van der Waals surface area contributed by atoms with E-state index in [0.717, 1.165) is 22.6 Å². The number of fused-ring (bicyclic) bond motifs is 1. The van der Waals surface area contributed by atoms with Crippen molar-refractivity contribution in [1.29, 1.82) is 0 Å². The van der Waals surface area contributed by atoms with Crippen LogP contribution < -0.4 is 5.32 Å². The van der Waals surface area contributed by atoms with E-state index >= 15 is 0 Å². The van der Waals surface area contributed by atoms with Crippen LogP contribution in [0.1, 0.15) is 53.2 Å². The predicted octanol–water partition coefficient (Wildman–Crippen LogP) is 2.94. The van der Waals surface area contributed by atoms with Crippen LogP contribution in [0.25, 0.3) is 0 Å². The fourth-order valence-electron chi connectivity index (χ4n) is 2.55. The maximum Gasteiger partial charge on any atom is 0.339 e. The maximum absolute atomic E-state index is 12.4. The number of aryl methyl sites for hydroxylation is 1. The van der Waals surface area contributed by atoms with Gasteiger partial charge in [0.1, 0.15) is 5.01 Å². The van der Waals surface area contributed by atoms with Gasteiger partial charge in [-0.15, -0.1) is 10.2 Å². The van der Waals surface area contributed by atoms with Crippen molar-refractivity contribution in [1.82, 2.24) is 10.2 Å². The first-order valence-corrected chi connectivity index (χ1v) is 8.76. The summed E-state index contributed by atoms with van der Waals surface area (Å²) in [7, 11) is 0. The van der Waals surface area contributed by atoms with Gasteiger partial charge in [-0.05, 0) is 29.5 Å². The number of nitrogens with one attached hydrogen (secondary N) is 1. The molecule has 2 heterocycles. The molecule has 0 saturated carbocycles. The standard InChI is InChI=1S/C17H19N3O3S/c1-4-14-19-20-17(24-14)18-15(21)13-8-11-7-10(9(2)3)5-6-12(11)16(22)23-13/h5-7,9,13H,4,8H2,1-3H3,(H,18,20,21). The molecule has 0 spiro atoms. The van der Waals surface area contributed by atoms with Gasteiger partial charge in [0, 0.05) is 6.42 Å². The van der Waals surface area contributed by atoms with Crippen LogP contribution in [-0.2, 0) is 22.4 Å². The third-order valence-corrected chi connectivity index (χ3v) is 4.95. The maximum atomic E-state index is 12.4.